The minimum absolute atomic E-state index is 0.310. The Hall–Kier alpha value is -1.53. The Morgan fingerprint density at radius 1 is 1.17 bits per heavy atom. The molecule has 0 saturated heterocycles. The second-order valence-electron chi connectivity index (χ2n) is 4.79. The van der Waals surface area contributed by atoms with E-state index in [-0.39, 0.29) is 0 Å². The van der Waals surface area contributed by atoms with Crippen molar-refractivity contribution in [1.29, 1.82) is 0 Å². The standard InChI is InChI=1S/C17H17Br2NO3/c1-3-11-7-8-16(14(19)9-11)23-10-12-13(18)5-4-6-15(12)20-17(21)22-2/h4-9H,3,10H2,1-2H3,(H,20,21). The monoisotopic (exact) mass is 441 g/mol. The zero-order valence-electron chi connectivity index (χ0n) is 12.9. The summed E-state index contributed by atoms with van der Waals surface area (Å²) in [7, 11) is 1.33. The predicted molar refractivity (Wildman–Crippen MR) is 98.0 cm³/mol. The summed E-state index contributed by atoms with van der Waals surface area (Å²) in [4.78, 5) is 11.4. The molecular weight excluding hydrogens is 426 g/mol. The number of amides is 1. The van der Waals surface area contributed by atoms with Gasteiger partial charge in [0.25, 0.3) is 0 Å². The molecule has 0 spiro atoms. The van der Waals surface area contributed by atoms with E-state index >= 15 is 0 Å². The fraction of sp³-hybridized carbons (Fsp3) is 0.235. The molecule has 0 radical (unpaired) electrons. The van der Waals surface area contributed by atoms with Crippen LogP contribution in [0.3, 0.4) is 0 Å². The fourth-order valence-corrected chi connectivity index (χ4v) is 3.04. The van der Waals surface area contributed by atoms with Gasteiger partial charge in [0, 0.05) is 10.0 Å². The zero-order chi connectivity index (χ0) is 16.8. The molecule has 0 heterocycles. The molecule has 0 aliphatic rings. The summed E-state index contributed by atoms with van der Waals surface area (Å²) in [5.74, 6) is 0.752. The average molecular weight is 443 g/mol. The molecule has 0 saturated carbocycles. The molecule has 0 aliphatic heterocycles. The molecule has 1 amide bonds. The summed E-state index contributed by atoms with van der Waals surface area (Å²) >= 11 is 7.01. The SMILES string of the molecule is CCc1ccc(OCc2c(Br)cccc2NC(=O)OC)c(Br)c1. The van der Waals surface area contributed by atoms with Crippen LogP contribution in [0.15, 0.2) is 45.3 Å². The van der Waals surface area contributed by atoms with E-state index < -0.39 is 6.09 Å². The third-order valence-corrected chi connectivity index (χ3v) is 4.68. The van der Waals surface area contributed by atoms with Gasteiger partial charge in [-0.2, -0.15) is 0 Å². The number of halogens is 2. The topological polar surface area (TPSA) is 47.6 Å². The van der Waals surface area contributed by atoms with Gasteiger partial charge in [-0.25, -0.2) is 4.79 Å². The number of hydrogen-bond donors (Lipinski definition) is 1. The van der Waals surface area contributed by atoms with Crippen LogP contribution in [0.1, 0.15) is 18.1 Å². The van der Waals surface area contributed by atoms with E-state index in [1.807, 2.05) is 30.3 Å². The summed E-state index contributed by atoms with van der Waals surface area (Å²) < 4.78 is 12.3. The van der Waals surface area contributed by atoms with Crippen LogP contribution >= 0.6 is 31.9 Å². The van der Waals surface area contributed by atoms with Crippen molar-refractivity contribution < 1.29 is 14.3 Å². The molecule has 2 rings (SSSR count). The molecule has 2 aromatic rings. The number of methoxy groups -OCH3 is 1. The number of rotatable bonds is 5. The Kier molecular flexibility index (Phi) is 6.47. The lowest BCUT2D eigenvalue weighted by Crippen LogP contribution is -2.13. The van der Waals surface area contributed by atoms with Crippen molar-refractivity contribution in [2.24, 2.45) is 0 Å². The Balaban J connectivity index is 2.18. The van der Waals surface area contributed by atoms with E-state index in [4.69, 9.17) is 4.74 Å². The molecule has 1 N–H and O–H groups in total. The molecule has 0 fully saturated rings. The molecule has 2 aromatic carbocycles. The van der Waals surface area contributed by atoms with Crippen LogP contribution < -0.4 is 10.1 Å². The number of benzene rings is 2. The molecular formula is C17H17Br2NO3. The van der Waals surface area contributed by atoms with Gasteiger partial charge in [0.1, 0.15) is 12.4 Å². The summed E-state index contributed by atoms with van der Waals surface area (Å²) in [5, 5.41) is 2.69. The number of carbonyl (C=O) groups excluding carboxylic acids is 1. The Labute approximate surface area is 152 Å². The van der Waals surface area contributed by atoms with Crippen LogP contribution in [0.5, 0.6) is 5.75 Å². The summed E-state index contributed by atoms with van der Waals surface area (Å²) in [5.41, 5.74) is 2.72. The molecule has 0 atom stereocenters. The van der Waals surface area contributed by atoms with Crippen LogP contribution in [0.2, 0.25) is 0 Å². The first-order valence-electron chi connectivity index (χ1n) is 7.08. The molecule has 0 bridgehead atoms. The second-order valence-corrected chi connectivity index (χ2v) is 6.50. The number of anilines is 1. The van der Waals surface area contributed by atoms with Crippen LogP contribution in [0.4, 0.5) is 10.5 Å². The van der Waals surface area contributed by atoms with Crippen molar-refractivity contribution in [1.82, 2.24) is 0 Å². The highest BCUT2D eigenvalue weighted by Crippen LogP contribution is 2.30. The van der Waals surface area contributed by atoms with Crippen LogP contribution in [-0.4, -0.2) is 13.2 Å². The molecule has 6 heteroatoms. The van der Waals surface area contributed by atoms with Gasteiger partial charge in [-0.15, -0.1) is 0 Å². The summed E-state index contributed by atoms with van der Waals surface area (Å²) in [6, 6.07) is 11.6. The van der Waals surface area contributed by atoms with E-state index in [2.05, 4.69) is 48.8 Å². The van der Waals surface area contributed by atoms with Crippen molar-refractivity contribution >= 4 is 43.6 Å². The molecule has 122 valence electrons. The average Bonchev–Trinajstić information content (AvgIpc) is 2.55. The van der Waals surface area contributed by atoms with Crippen LogP contribution in [0, 0.1) is 0 Å². The summed E-state index contributed by atoms with van der Waals surface area (Å²) in [6.07, 6.45) is 0.453. The van der Waals surface area contributed by atoms with E-state index in [9.17, 15) is 4.79 Å². The minimum atomic E-state index is -0.516. The Morgan fingerprint density at radius 2 is 1.96 bits per heavy atom. The number of aryl methyl sites for hydroxylation is 1. The quantitative estimate of drug-likeness (QED) is 0.661. The van der Waals surface area contributed by atoms with Crippen LogP contribution in [0.25, 0.3) is 0 Å². The van der Waals surface area contributed by atoms with Gasteiger partial charge >= 0.3 is 6.09 Å². The highest BCUT2D eigenvalue weighted by Gasteiger charge is 2.11. The lowest BCUT2D eigenvalue weighted by molar-refractivity contribution is 0.187. The van der Waals surface area contributed by atoms with Gasteiger partial charge in [-0.05, 0) is 52.2 Å². The van der Waals surface area contributed by atoms with Gasteiger partial charge in [0.15, 0.2) is 0 Å². The molecule has 0 unspecified atom stereocenters. The maximum absolute atomic E-state index is 11.4. The second kappa shape index (κ2) is 8.36. The number of ether oxygens (including phenoxy) is 2. The van der Waals surface area contributed by atoms with Gasteiger partial charge < -0.3 is 9.47 Å². The van der Waals surface area contributed by atoms with Gasteiger partial charge in [0.2, 0.25) is 0 Å². The number of nitrogens with one attached hydrogen (secondary N) is 1. The highest BCUT2D eigenvalue weighted by molar-refractivity contribution is 9.10. The Bertz CT molecular complexity index is 704. The number of hydrogen-bond acceptors (Lipinski definition) is 3. The van der Waals surface area contributed by atoms with E-state index in [0.29, 0.717) is 12.3 Å². The van der Waals surface area contributed by atoms with Crippen molar-refractivity contribution in [2.45, 2.75) is 20.0 Å². The van der Waals surface area contributed by atoms with Crippen molar-refractivity contribution in [2.75, 3.05) is 12.4 Å². The molecule has 0 aliphatic carbocycles. The normalized spacial score (nSPS) is 10.3. The number of carbonyl (C=O) groups is 1. The zero-order valence-corrected chi connectivity index (χ0v) is 16.0. The van der Waals surface area contributed by atoms with Crippen molar-refractivity contribution in [3.05, 3.63) is 56.5 Å². The first kappa shape index (κ1) is 17.8. The molecule has 4 nitrogen and oxygen atoms in total. The first-order chi connectivity index (χ1) is 11.0. The Morgan fingerprint density at radius 3 is 2.61 bits per heavy atom. The highest BCUT2D eigenvalue weighted by atomic mass is 79.9. The lowest BCUT2D eigenvalue weighted by Gasteiger charge is -2.14. The van der Waals surface area contributed by atoms with Crippen molar-refractivity contribution in [3.63, 3.8) is 0 Å². The van der Waals surface area contributed by atoms with E-state index in [1.54, 1.807) is 6.07 Å². The third kappa shape index (κ3) is 4.72. The predicted octanol–water partition coefficient (Wildman–Crippen LogP) is 5.53. The van der Waals surface area contributed by atoms with Gasteiger partial charge in [-0.1, -0.05) is 35.0 Å². The van der Waals surface area contributed by atoms with E-state index in [0.717, 1.165) is 26.7 Å². The maximum atomic E-state index is 11.4. The molecule has 23 heavy (non-hydrogen) atoms. The largest absolute Gasteiger partial charge is 0.488 e. The molecule has 0 aromatic heterocycles. The smallest absolute Gasteiger partial charge is 0.411 e. The third-order valence-electron chi connectivity index (χ3n) is 3.32. The summed E-state index contributed by atoms with van der Waals surface area (Å²) in [6.45, 7) is 2.42. The van der Waals surface area contributed by atoms with Gasteiger partial charge in [0.05, 0.1) is 17.3 Å². The van der Waals surface area contributed by atoms with Crippen molar-refractivity contribution in [3.8, 4) is 5.75 Å². The van der Waals surface area contributed by atoms with E-state index in [1.165, 1.54) is 12.7 Å². The van der Waals surface area contributed by atoms with Gasteiger partial charge in [-0.3, -0.25) is 5.32 Å². The minimum Gasteiger partial charge on any atom is -0.488 e. The fourth-order valence-electron chi connectivity index (χ4n) is 2.01. The lowest BCUT2D eigenvalue weighted by atomic mass is 10.1. The van der Waals surface area contributed by atoms with Crippen LogP contribution in [-0.2, 0) is 17.8 Å². The first-order valence-corrected chi connectivity index (χ1v) is 8.67. The maximum Gasteiger partial charge on any atom is 0.411 e.